The molecule has 7 heteroatoms. The molecule has 0 saturated heterocycles. The van der Waals surface area contributed by atoms with Gasteiger partial charge in [0.1, 0.15) is 31.0 Å². The van der Waals surface area contributed by atoms with Crippen LogP contribution in [0.25, 0.3) is 0 Å². The first-order valence-corrected chi connectivity index (χ1v) is 4.53. The molecule has 0 aromatic carbocycles. The van der Waals surface area contributed by atoms with Crippen LogP contribution >= 0.6 is 0 Å². The summed E-state index contributed by atoms with van der Waals surface area (Å²) in [7, 11) is 0. The molecule has 0 aromatic rings. The molecule has 4 atom stereocenters. The fourth-order valence-electron chi connectivity index (χ4n) is 0.806. The van der Waals surface area contributed by atoms with E-state index >= 15 is 0 Å². The number of rotatable bonds is 7. The van der Waals surface area contributed by atoms with Gasteiger partial charge in [-0.1, -0.05) is 5.16 Å². The standard InChI is InChI=1S/C8H17NO6/c1-2-15-9-3-5(11)7(13)8(14)6(12)4-10/h3,5-8,10-14H,2,4H2,1H3. The van der Waals surface area contributed by atoms with Crippen LogP contribution in [0, 0.1) is 0 Å². The van der Waals surface area contributed by atoms with Crippen LogP contribution in [0.3, 0.4) is 0 Å². The third kappa shape index (κ3) is 5.05. The lowest BCUT2D eigenvalue weighted by Crippen LogP contribution is -2.46. The van der Waals surface area contributed by atoms with Crippen molar-refractivity contribution in [2.75, 3.05) is 13.2 Å². The van der Waals surface area contributed by atoms with E-state index in [0.29, 0.717) is 6.61 Å². The zero-order chi connectivity index (χ0) is 11.8. The summed E-state index contributed by atoms with van der Waals surface area (Å²) in [4.78, 5) is 4.53. The maximum atomic E-state index is 9.27. The van der Waals surface area contributed by atoms with Crippen molar-refractivity contribution in [3.05, 3.63) is 0 Å². The first-order valence-electron chi connectivity index (χ1n) is 4.53. The maximum absolute atomic E-state index is 9.27. The van der Waals surface area contributed by atoms with Crippen LogP contribution in [0.4, 0.5) is 0 Å². The highest BCUT2D eigenvalue weighted by molar-refractivity contribution is 5.62. The van der Waals surface area contributed by atoms with E-state index in [4.69, 9.17) is 10.2 Å². The molecule has 0 aliphatic heterocycles. The lowest BCUT2D eigenvalue weighted by atomic mass is 10.0. The van der Waals surface area contributed by atoms with Gasteiger partial charge in [0.2, 0.25) is 0 Å². The largest absolute Gasteiger partial charge is 0.396 e. The SMILES string of the molecule is CCON=CC(O)C(O)C(O)C(O)CO. The van der Waals surface area contributed by atoms with E-state index in [2.05, 4.69) is 9.99 Å². The van der Waals surface area contributed by atoms with Gasteiger partial charge < -0.3 is 30.4 Å². The van der Waals surface area contributed by atoms with E-state index in [9.17, 15) is 15.3 Å². The molecule has 15 heavy (non-hydrogen) atoms. The summed E-state index contributed by atoms with van der Waals surface area (Å²) in [5.74, 6) is 0. The lowest BCUT2D eigenvalue weighted by molar-refractivity contribution is -0.100. The molecule has 0 amide bonds. The molecular weight excluding hydrogens is 206 g/mol. The van der Waals surface area contributed by atoms with Crippen molar-refractivity contribution in [3.8, 4) is 0 Å². The van der Waals surface area contributed by atoms with E-state index in [1.54, 1.807) is 6.92 Å². The predicted molar refractivity (Wildman–Crippen MR) is 51.2 cm³/mol. The summed E-state index contributed by atoms with van der Waals surface area (Å²) in [5.41, 5.74) is 0. The van der Waals surface area contributed by atoms with Crippen molar-refractivity contribution >= 4 is 6.21 Å². The highest BCUT2D eigenvalue weighted by atomic mass is 16.6. The Bertz CT molecular complexity index is 188. The van der Waals surface area contributed by atoms with Crippen LogP contribution in [0.1, 0.15) is 6.92 Å². The molecule has 4 unspecified atom stereocenters. The fraction of sp³-hybridized carbons (Fsp3) is 0.875. The number of aliphatic hydroxyl groups excluding tert-OH is 5. The molecule has 0 saturated carbocycles. The van der Waals surface area contributed by atoms with Gasteiger partial charge in [0.15, 0.2) is 0 Å². The van der Waals surface area contributed by atoms with Gasteiger partial charge in [-0.05, 0) is 6.92 Å². The van der Waals surface area contributed by atoms with Crippen molar-refractivity contribution in [2.45, 2.75) is 31.3 Å². The van der Waals surface area contributed by atoms with E-state index in [1.807, 2.05) is 0 Å². The second-order valence-corrected chi connectivity index (χ2v) is 2.89. The summed E-state index contributed by atoms with van der Waals surface area (Å²) in [6.45, 7) is 1.28. The summed E-state index contributed by atoms with van der Waals surface area (Å²) in [6.07, 6.45) is -5.40. The van der Waals surface area contributed by atoms with Crippen LogP contribution in [-0.2, 0) is 4.84 Å². The second-order valence-electron chi connectivity index (χ2n) is 2.89. The Morgan fingerprint density at radius 1 is 1.20 bits per heavy atom. The van der Waals surface area contributed by atoms with E-state index in [1.165, 1.54) is 0 Å². The zero-order valence-corrected chi connectivity index (χ0v) is 8.39. The minimum atomic E-state index is -1.65. The molecule has 0 aliphatic rings. The Hall–Kier alpha value is -0.730. The van der Waals surface area contributed by atoms with Gasteiger partial charge in [0.05, 0.1) is 12.8 Å². The van der Waals surface area contributed by atoms with E-state index in [0.717, 1.165) is 6.21 Å². The Labute approximate surface area is 87.2 Å². The highest BCUT2D eigenvalue weighted by Gasteiger charge is 2.29. The summed E-state index contributed by atoms with van der Waals surface area (Å²) < 4.78 is 0. The van der Waals surface area contributed by atoms with Crippen LogP contribution < -0.4 is 0 Å². The van der Waals surface area contributed by atoms with Crippen molar-refractivity contribution < 1.29 is 30.4 Å². The molecular formula is C8H17NO6. The van der Waals surface area contributed by atoms with Crippen molar-refractivity contribution in [1.29, 1.82) is 0 Å². The number of hydrogen-bond donors (Lipinski definition) is 5. The van der Waals surface area contributed by atoms with Gasteiger partial charge in [-0.3, -0.25) is 0 Å². The topological polar surface area (TPSA) is 123 Å². The highest BCUT2D eigenvalue weighted by Crippen LogP contribution is 2.03. The molecule has 0 rings (SSSR count). The third-order valence-electron chi connectivity index (χ3n) is 1.70. The quantitative estimate of drug-likeness (QED) is 0.239. The molecule has 0 fully saturated rings. The number of nitrogens with zero attached hydrogens (tertiary/aromatic N) is 1. The average molecular weight is 223 g/mol. The number of aliphatic hydroxyl groups is 5. The minimum absolute atomic E-state index is 0.307. The summed E-state index contributed by atoms with van der Waals surface area (Å²) >= 11 is 0. The van der Waals surface area contributed by atoms with Crippen molar-refractivity contribution in [2.24, 2.45) is 5.16 Å². The van der Waals surface area contributed by atoms with Gasteiger partial charge in [0, 0.05) is 0 Å². The summed E-state index contributed by atoms with van der Waals surface area (Å²) in [5, 5.41) is 48.4. The van der Waals surface area contributed by atoms with E-state index in [-0.39, 0.29) is 0 Å². The van der Waals surface area contributed by atoms with E-state index < -0.39 is 31.0 Å². The first-order chi connectivity index (χ1) is 7.04. The van der Waals surface area contributed by atoms with Gasteiger partial charge >= 0.3 is 0 Å². The monoisotopic (exact) mass is 223 g/mol. The second kappa shape index (κ2) is 7.55. The maximum Gasteiger partial charge on any atom is 0.121 e. The normalized spacial score (nSPS) is 19.9. The molecule has 0 aliphatic carbocycles. The molecule has 90 valence electrons. The number of hydrogen-bond acceptors (Lipinski definition) is 7. The Kier molecular flexibility index (Phi) is 7.18. The van der Waals surface area contributed by atoms with Crippen molar-refractivity contribution in [1.82, 2.24) is 0 Å². The Balaban J connectivity index is 4.12. The lowest BCUT2D eigenvalue weighted by Gasteiger charge is -2.23. The van der Waals surface area contributed by atoms with Gasteiger partial charge in [-0.2, -0.15) is 0 Å². The van der Waals surface area contributed by atoms with Gasteiger partial charge in [-0.15, -0.1) is 0 Å². The molecule has 0 bridgehead atoms. The van der Waals surface area contributed by atoms with Crippen LogP contribution in [0.15, 0.2) is 5.16 Å². The molecule has 7 nitrogen and oxygen atoms in total. The van der Waals surface area contributed by atoms with Crippen molar-refractivity contribution in [3.63, 3.8) is 0 Å². The molecule has 0 radical (unpaired) electrons. The average Bonchev–Trinajstić information content (AvgIpc) is 2.26. The van der Waals surface area contributed by atoms with Crippen LogP contribution in [-0.4, -0.2) is 69.4 Å². The molecule has 5 N–H and O–H groups in total. The number of oxime groups is 1. The molecule has 0 spiro atoms. The third-order valence-corrected chi connectivity index (χ3v) is 1.70. The fourth-order valence-corrected chi connectivity index (χ4v) is 0.806. The Morgan fingerprint density at radius 3 is 2.27 bits per heavy atom. The minimum Gasteiger partial charge on any atom is -0.396 e. The van der Waals surface area contributed by atoms with Crippen LogP contribution in [0.2, 0.25) is 0 Å². The molecule has 0 heterocycles. The smallest absolute Gasteiger partial charge is 0.121 e. The van der Waals surface area contributed by atoms with Crippen LogP contribution in [0.5, 0.6) is 0 Å². The predicted octanol–water partition coefficient (Wildman–Crippen LogP) is -2.56. The van der Waals surface area contributed by atoms with Gasteiger partial charge in [-0.25, -0.2) is 0 Å². The van der Waals surface area contributed by atoms with Gasteiger partial charge in [0.25, 0.3) is 0 Å². The molecule has 0 aromatic heterocycles. The first kappa shape index (κ1) is 14.3. The zero-order valence-electron chi connectivity index (χ0n) is 8.39. The Morgan fingerprint density at radius 2 is 1.80 bits per heavy atom. The summed E-state index contributed by atoms with van der Waals surface area (Å²) in [6, 6.07) is 0.